The zero-order chi connectivity index (χ0) is 15.6. The SMILES string of the molecule is O=C(Nc1ccccc1F)c1ccc(F)c(C(F)(F)F)c1. The van der Waals surface area contributed by atoms with Crippen LogP contribution in [0.25, 0.3) is 0 Å². The van der Waals surface area contributed by atoms with E-state index in [9.17, 15) is 26.7 Å². The number of benzene rings is 2. The lowest BCUT2D eigenvalue weighted by Crippen LogP contribution is -2.15. The zero-order valence-corrected chi connectivity index (χ0v) is 10.3. The number of halogens is 5. The minimum atomic E-state index is -4.92. The van der Waals surface area contributed by atoms with Crippen molar-refractivity contribution < 1.29 is 26.7 Å². The largest absolute Gasteiger partial charge is 0.419 e. The molecule has 0 saturated heterocycles. The molecule has 7 heteroatoms. The summed E-state index contributed by atoms with van der Waals surface area (Å²) in [6.45, 7) is 0. The summed E-state index contributed by atoms with van der Waals surface area (Å²) in [6, 6.07) is 6.99. The molecule has 0 spiro atoms. The van der Waals surface area contributed by atoms with E-state index < -0.39 is 34.8 Å². The molecule has 0 atom stereocenters. The molecule has 110 valence electrons. The third-order valence-corrected chi connectivity index (χ3v) is 2.66. The van der Waals surface area contributed by atoms with Crippen LogP contribution in [0, 0.1) is 11.6 Å². The quantitative estimate of drug-likeness (QED) is 0.826. The lowest BCUT2D eigenvalue weighted by molar-refractivity contribution is -0.140. The van der Waals surface area contributed by atoms with Gasteiger partial charge in [0.05, 0.1) is 11.3 Å². The molecule has 2 rings (SSSR count). The molecule has 0 unspecified atom stereocenters. The maximum Gasteiger partial charge on any atom is 0.419 e. The highest BCUT2D eigenvalue weighted by Gasteiger charge is 2.34. The second kappa shape index (κ2) is 5.51. The van der Waals surface area contributed by atoms with Gasteiger partial charge in [-0.3, -0.25) is 4.79 Å². The number of carbonyl (C=O) groups excluding carboxylic acids is 1. The summed E-state index contributed by atoms with van der Waals surface area (Å²) < 4.78 is 64.1. The molecular formula is C14H8F5NO. The first-order valence-electron chi connectivity index (χ1n) is 5.71. The van der Waals surface area contributed by atoms with E-state index in [0.29, 0.717) is 12.1 Å². The van der Waals surface area contributed by atoms with Crippen LogP contribution in [-0.4, -0.2) is 5.91 Å². The van der Waals surface area contributed by atoms with Gasteiger partial charge >= 0.3 is 6.18 Å². The molecule has 0 saturated carbocycles. The molecule has 2 nitrogen and oxygen atoms in total. The molecule has 0 fully saturated rings. The van der Waals surface area contributed by atoms with Crippen molar-refractivity contribution in [2.75, 3.05) is 5.32 Å². The molecule has 21 heavy (non-hydrogen) atoms. The Bertz CT molecular complexity index is 681. The second-order valence-corrected chi connectivity index (χ2v) is 4.13. The summed E-state index contributed by atoms with van der Waals surface area (Å²) in [4.78, 5) is 11.8. The van der Waals surface area contributed by atoms with Gasteiger partial charge < -0.3 is 5.32 Å². The van der Waals surface area contributed by atoms with E-state index in [1.165, 1.54) is 18.2 Å². The van der Waals surface area contributed by atoms with Gasteiger partial charge in [-0.05, 0) is 30.3 Å². The van der Waals surface area contributed by atoms with Crippen molar-refractivity contribution >= 4 is 11.6 Å². The van der Waals surface area contributed by atoms with Gasteiger partial charge in [-0.25, -0.2) is 8.78 Å². The topological polar surface area (TPSA) is 29.1 Å². The van der Waals surface area contributed by atoms with Crippen LogP contribution in [0.4, 0.5) is 27.6 Å². The highest BCUT2D eigenvalue weighted by atomic mass is 19.4. The summed E-state index contributed by atoms with van der Waals surface area (Å²) >= 11 is 0. The molecule has 0 radical (unpaired) electrons. The fourth-order valence-electron chi connectivity index (χ4n) is 1.64. The first-order chi connectivity index (χ1) is 9.79. The number of carbonyl (C=O) groups is 1. The molecule has 2 aromatic carbocycles. The van der Waals surface area contributed by atoms with Crippen molar-refractivity contribution in [3.63, 3.8) is 0 Å². The number of rotatable bonds is 2. The van der Waals surface area contributed by atoms with E-state index in [1.807, 2.05) is 0 Å². The number of anilines is 1. The lowest BCUT2D eigenvalue weighted by atomic mass is 10.1. The number of para-hydroxylation sites is 1. The number of hydrogen-bond donors (Lipinski definition) is 1. The maximum absolute atomic E-state index is 13.3. The van der Waals surface area contributed by atoms with Crippen LogP contribution >= 0.6 is 0 Å². The average Bonchev–Trinajstić information content (AvgIpc) is 2.40. The highest BCUT2D eigenvalue weighted by Crippen LogP contribution is 2.32. The first-order valence-corrected chi connectivity index (χ1v) is 5.71. The summed E-state index contributed by atoms with van der Waals surface area (Å²) in [5.41, 5.74) is -2.16. The third-order valence-electron chi connectivity index (χ3n) is 2.66. The van der Waals surface area contributed by atoms with Crippen molar-refractivity contribution in [3.8, 4) is 0 Å². The van der Waals surface area contributed by atoms with Crippen LogP contribution in [0.1, 0.15) is 15.9 Å². The van der Waals surface area contributed by atoms with Crippen LogP contribution in [-0.2, 0) is 6.18 Å². The normalized spacial score (nSPS) is 11.3. The van der Waals surface area contributed by atoms with Crippen LogP contribution in [0.15, 0.2) is 42.5 Å². The fourth-order valence-corrected chi connectivity index (χ4v) is 1.64. The summed E-state index contributed by atoms with van der Waals surface area (Å²) in [5.74, 6) is -3.18. The fraction of sp³-hybridized carbons (Fsp3) is 0.0714. The van der Waals surface area contributed by atoms with E-state index in [4.69, 9.17) is 0 Å². The van der Waals surface area contributed by atoms with Crippen molar-refractivity contribution in [1.29, 1.82) is 0 Å². The summed E-state index contributed by atoms with van der Waals surface area (Å²) in [5, 5.41) is 2.12. The molecule has 0 heterocycles. The van der Waals surface area contributed by atoms with Crippen molar-refractivity contribution in [2.45, 2.75) is 6.18 Å². The smallest absolute Gasteiger partial charge is 0.319 e. The van der Waals surface area contributed by atoms with E-state index in [2.05, 4.69) is 5.32 Å². The third kappa shape index (κ3) is 3.36. The Hall–Kier alpha value is -2.44. The molecule has 0 aromatic heterocycles. The Morgan fingerprint density at radius 3 is 2.24 bits per heavy atom. The Morgan fingerprint density at radius 1 is 0.952 bits per heavy atom. The second-order valence-electron chi connectivity index (χ2n) is 4.13. The van der Waals surface area contributed by atoms with E-state index in [0.717, 1.165) is 12.1 Å². The van der Waals surface area contributed by atoms with Crippen LogP contribution in [0.2, 0.25) is 0 Å². The van der Waals surface area contributed by atoms with Gasteiger partial charge in [-0.15, -0.1) is 0 Å². The van der Waals surface area contributed by atoms with Gasteiger partial charge in [0.15, 0.2) is 0 Å². The van der Waals surface area contributed by atoms with Crippen LogP contribution in [0.5, 0.6) is 0 Å². The monoisotopic (exact) mass is 301 g/mol. The molecule has 0 aliphatic rings. The zero-order valence-electron chi connectivity index (χ0n) is 10.3. The van der Waals surface area contributed by atoms with Gasteiger partial charge in [0.25, 0.3) is 5.91 Å². The number of hydrogen-bond acceptors (Lipinski definition) is 1. The Labute approximate surface area is 116 Å². The van der Waals surface area contributed by atoms with Gasteiger partial charge in [0, 0.05) is 5.56 Å². The number of amides is 1. The lowest BCUT2D eigenvalue weighted by Gasteiger charge is -2.10. The highest BCUT2D eigenvalue weighted by molar-refractivity contribution is 6.04. The summed E-state index contributed by atoms with van der Waals surface area (Å²) in [6.07, 6.45) is -4.92. The molecule has 1 N–H and O–H groups in total. The minimum Gasteiger partial charge on any atom is -0.319 e. The van der Waals surface area contributed by atoms with Gasteiger partial charge in [-0.2, -0.15) is 13.2 Å². The summed E-state index contributed by atoms with van der Waals surface area (Å²) in [7, 11) is 0. The molecule has 1 amide bonds. The number of nitrogens with one attached hydrogen (secondary N) is 1. The Kier molecular flexibility index (Phi) is 3.93. The molecule has 2 aromatic rings. The van der Waals surface area contributed by atoms with Crippen LogP contribution < -0.4 is 5.32 Å². The minimum absolute atomic E-state index is 0.180. The molecular weight excluding hydrogens is 293 g/mol. The molecule has 0 aliphatic heterocycles. The van der Waals surface area contributed by atoms with Crippen molar-refractivity contribution in [1.82, 2.24) is 0 Å². The van der Waals surface area contributed by atoms with E-state index in [-0.39, 0.29) is 5.69 Å². The van der Waals surface area contributed by atoms with E-state index in [1.54, 1.807) is 0 Å². The Morgan fingerprint density at radius 2 is 1.62 bits per heavy atom. The average molecular weight is 301 g/mol. The van der Waals surface area contributed by atoms with Crippen molar-refractivity contribution in [2.24, 2.45) is 0 Å². The van der Waals surface area contributed by atoms with E-state index >= 15 is 0 Å². The molecule has 0 bridgehead atoms. The van der Waals surface area contributed by atoms with Gasteiger partial charge in [0.1, 0.15) is 11.6 Å². The standard InChI is InChI=1S/C14H8F5NO/c15-10-6-5-8(7-9(10)14(17,18)19)13(21)20-12-4-2-1-3-11(12)16/h1-7H,(H,20,21). The van der Waals surface area contributed by atoms with Crippen molar-refractivity contribution in [3.05, 3.63) is 65.2 Å². The number of alkyl halides is 3. The van der Waals surface area contributed by atoms with Gasteiger partial charge in [0.2, 0.25) is 0 Å². The predicted molar refractivity (Wildman–Crippen MR) is 65.8 cm³/mol. The van der Waals surface area contributed by atoms with Gasteiger partial charge in [-0.1, -0.05) is 12.1 Å². The molecule has 0 aliphatic carbocycles. The maximum atomic E-state index is 13.3. The predicted octanol–water partition coefficient (Wildman–Crippen LogP) is 4.24. The first kappa shape index (κ1) is 15.0. The van der Waals surface area contributed by atoms with Crippen LogP contribution in [0.3, 0.4) is 0 Å². The Balaban J connectivity index is 2.31.